The third-order valence-corrected chi connectivity index (χ3v) is 8.66. The summed E-state index contributed by atoms with van der Waals surface area (Å²) in [7, 11) is 0. The summed E-state index contributed by atoms with van der Waals surface area (Å²) in [6, 6.07) is 0. The molecule has 4 aliphatic carbocycles. The summed E-state index contributed by atoms with van der Waals surface area (Å²) in [5.41, 5.74) is -5.35. The van der Waals surface area contributed by atoms with Crippen molar-refractivity contribution in [3.05, 3.63) is 0 Å². The number of ether oxygens (including phenoxy) is 3. The summed E-state index contributed by atoms with van der Waals surface area (Å²) in [4.78, 5) is 37.7. The summed E-state index contributed by atoms with van der Waals surface area (Å²) in [6.45, 7) is 13.1. The molecule has 0 aromatic rings. The number of fused-ring (bicyclic) bond motifs is 1. The molecule has 0 amide bonds. The maximum absolute atomic E-state index is 14.0. The molecule has 6 nitrogen and oxygen atoms in total. The minimum Gasteiger partial charge on any atom is -0.458 e. The zero-order valence-corrected chi connectivity index (χ0v) is 23.4. The molecule has 0 aromatic carbocycles. The predicted molar refractivity (Wildman–Crippen MR) is 126 cm³/mol. The molecule has 6 atom stereocenters. The topological polar surface area (TPSA) is 78.9 Å². The molecule has 0 saturated heterocycles. The van der Waals surface area contributed by atoms with E-state index in [1.807, 2.05) is 41.5 Å². The lowest BCUT2D eigenvalue weighted by atomic mass is 9.60. The van der Waals surface area contributed by atoms with Gasteiger partial charge in [-0.3, -0.25) is 4.79 Å². The van der Waals surface area contributed by atoms with E-state index in [-0.39, 0.29) is 43.9 Å². The Morgan fingerprint density at radius 3 is 1.67 bits per heavy atom. The van der Waals surface area contributed by atoms with Gasteiger partial charge in [0.2, 0.25) is 0 Å². The van der Waals surface area contributed by atoms with Gasteiger partial charge in [0, 0.05) is 18.8 Å². The maximum atomic E-state index is 14.0. The van der Waals surface area contributed by atoms with Crippen LogP contribution in [0.1, 0.15) is 93.4 Å². The normalized spacial score (nSPS) is 32.7. The third kappa shape index (κ3) is 6.66. The molecule has 0 radical (unpaired) electrons. The van der Waals surface area contributed by atoms with Gasteiger partial charge in [-0.15, -0.1) is 0 Å². The Hall–Kier alpha value is -2.01. The van der Waals surface area contributed by atoms with Gasteiger partial charge in [0.1, 0.15) is 17.3 Å². The van der Waals surface area contributed by atoms with Crippen LogP contribution < -0.4 is 0 Å². The van der Waals surface area contributed by atoms with Crippen molar-refractivity contribution in [3.63, 3.8) is 0 Å². The Balaban J connectivity index is 2.05. The summed E-state index contributed by atoms with van der Waals surface area (Å²) in [6.07, 6.45) is -12.0. The Morgan fingerprint density at radius 2 is 1.21 bits per heavy atom. The highest BCUT2D eigenvalue weighted by Gasteiger charge is 2.64. The van der Waals surface area contributed by atoms with E-state index < -0.39 is 70.2 Å². The number of rotatable bonds is 5. The average molecular weight is 573 g/mol. The van der Waals surface area contributed by atoms with Crippen LogP contribution in [-0.2, 0) is 28.6 Å². The smallest absolute Gasteiger partial charge is 0.458 e. The highest BCUT2D eigenvalue weighted by atomic mass is 19.4. The number of alkyl halides is 6. The van der Waals surface area contributed by atoms with E-state index in [1.54, 1.807) is 6.92 Å². The first-order valence-corrected chi connectivity index (χ1v) is 13.1. The van der Waals surface area contributed by atoms with Crippen molar-refractivity contribution in [2.45, 2.75) is 123 Å². The van der Waals surface area contributed by atoms with E-state index in [0.717, 1.165) is 0 Å². The molecule has 4 saturated carbocycles. The van der Waals surface area contributed by atoms with Gasteiger partial charge in [-0.05, 0) is 55.8 Å². The fourth-order valence-electron chi connectivity index (χ4n) is 6.99. The van der Waals surface area contributed by atoms with E-state index >= 15 is 0 Å². The first kappa shape index (κ1) is 31.5. The summed E-state index contributed by atoms with van der Waals surface area (Å²) in [5, 5.41) is 0. The molecule has 4 bridgehead atoms. The van der Waals surface area contributed by atoms with Crippen molar-refractivity contribution in [3.8, 4) is 0 Å². The van der Waals surface area contributed by atoms with E-state index in [4.69, 9.17) is 14.2 Å². The van der Waals surface area contributed by atoms with Crippen LogP contribution in [0.15, 0.2) is 0 Å². The lowest BCUT2D eigenvalue weighted by Gasteiger charge is -2.52. The SMILES string of the molecule is CC(C)(C)CC(C)(C(=O)OC12CC3CC(CC(OC(=O)C(F)(F)F)(C3)C1)C(OC(=O)C(F)(F)F)C2)C(C)(C)C. The van der Waals surface area contributed by atoms with Crippen molar-refractivity contribution in [1.82, 2.24) is 0 Å². The molecule has 12 heteroatoms. The first-order valence-electron chi connectivity index (χ1n) is 13.1. The maximum Gasteiger partial charge on any atom is 0.490 e. The standard InChI is InChI=1S/C27H38F6O6/c1-21(2,3)13-23(7,22(4,5)6)18(34)38-25-10-15-8-16(17(12-25)37-19(35)26(28,29)30)11-24(9-15,14-25)39-20(36)27(31,32)33/h15-17H,8-14H2,1-7H3. The quantitative estimate of drug-likeness (QED) is 0.208. The minimum absolute atomic E-state index is 0.0447. The largest absolute Gasteiger partial charge is 0.490 e. The van der Waals surface area contributed by atoms with E-state index in [2.05, 4.69) is 0 Å². The lowest BCUT2D eigenvalue weighted by Crippen LogP contribution is -2.56. The van der Waals surface area contributed by atoms with Crippen molar-refractivity contribution < 1.29 is 54.9 Å². The van der Waals surface area contributed by atoms with Gasteiger partial charge in [0.05, 0.1) is 5.41 Å². The van der Waals surface area contributed by atoms with Crippen molar-refractivity contribution in [2.75, 3.05) is 0 Å². The van der Waals surface area contributed by atoms with Crippen LogP contribution >= 0.6 is 0 Å². The number of carbonyl (C=O) groups is 3. The average Bonchev–Trinajstić information content (AvgIpc) is 2.83. The van der Waals surface area contributed by atoms with Crippen LogP contribution in [0.2, 0.25) is 0 Å². The van der Waals surface area contributed by atoms with Gasteiger partial charge in [0.15, 0.2) is 0 Å². The number of carbonyl (C=O) groups excluding carboxylic acids is 3. The van der Waals surface area contributed by atoms with Crippen LogP contribution in [-0.4, -0.2) is 47.6 Å². The summed E-state index contributed by atoms with van der Waals surface area (Å²) < 4.78 is 95.0. The van der Waals surface area contributed by atoms with Crippen LogP contribution in [0.5, 0.6) is 0 Å². The Labute approximate surface area is 224 Å². The molecule has 4 fully saturated rings. The summed E-state index contributed by atoms with van der Waals surface area (Å²) >= 11 is 0. The monoisotopic (exact) mass is 572 g/mol. The molecule has 4 rings (SSSR count). The lowest BCUT2D eigenvalue weighted by molar-refractivity contribution is -0.234. The molecular formula is C27H38F6O6. The summed E-state index contributed by atoms with van der Waals surface area (Å²) in [5.74, 6) is -6.71. The first-order chi connectivity index (χ1) is 17.3. The van der Waals surface area contributed by atoms with Gasteiger partial charge in [-0.25, -0.2) is 9.59 Å². The zero-order valence-electron chi connectivity index (χ0n) is 23.4. The predicted octanol–water partition coefficient (Wildman–Crippen LogP) is 6.69. The molecule has 0 spiro atoms. The molecule has 0 N–H and O–H groups in total. The van der Waals surface area contributed by atoms with E-state index in [1.165, 1.54) is 0 Å². The van der Waals surface area contributed by atoms with E-state index in [0.29, 0.717) is 6.42 Å². The van der Waals surface area contributed by atoms with Gasteiger partial charge in [-0.1, -0.05) is 41.5 Å². The minimum atomic E-state index is -5.29. The Morgan fingerprint density at radius 1 is 0.718 bits per heavy atom. The molecule has 0 heterocycles. The van der Waals surface area contributed by atoms with Crippen LogP contribution in [0.3, 0.4) is 0 Å². The van der Waals surface area contributed by atoms with Gasteiger partial charge < -0.3 is 14.2 Å². The zero-order chi connectivity index (χ0) is 30.0. The molecule has 224 valence electrons. The highest BCUT2D eigenvalue weighted by Crippen LogP contribution is 2.60. The van der Waals surface area contributed by atoms with Gasteiger partial charge in [0.25, 0.3) is 0 Å². The molecule has 39 heavy (non-hydrogen) atoms. The molecule has 0 aliphatic heterocycles. The number of hydrogen-bond donors (Lipinski definition) is 0. The van der Waals surface area contributed by atoms with Crippen LogP contribution in [0.4, 0.5) is 26.3 Å². The Kier molecular flexibility index (Phi) is 7.70. The number of hydrogen-bond acceptors (Lipinski definition) is 6. The van der Waals surface area contributed by atoms with Crippen LogP contribution in [0, 0.1) is 28.1 Å². The van der Waals surface area contributed by atoms with Crippen LogP contribution in [0.25, 0.3) is 0 Å². The highest BCUT2D eigenvalue weighted by molar-refractivity contribution is 5.78. The van der Waals surface area contributed by atoms with Gasteiger partial charge in [-0.2, -0.15) is 26.3 Å². The fourth-order valence-corrected chi connectivity index (χ4v) is 6.99. The molecule has 0 aromatic heterocycles. The third-order valence-electron chi connectivity index (χ3n) is 8.66. The number of esters is 3. The molecule has 4 aliphatic rings. The second kappa shape index (κ2) is 9.53. The van der Waals surface area contributed by atoms with Gasteiger partial charge >= 0.3 is 30.3 Å². The van der Waals surface area contributed by atoms with E-state index in [9.17, 15) is 40.7 Å². The van der Waals surface area contributed by atoms with Crippen molar-refractivity contribution in [1.29, 1.82) is 0 Å². The Bertz CT molecular complexity index is 993. The second-order valence-electron chi connectivity index (χ2n) is 14.3. The molecular weight excluding hydrogens is 534 g/mol. The van der Waals surface area contributed by atoms with Crippen molar-refractivity contribution in [2.24, 2.45) is 28.1 Å². The fraction of sp³-hybridized carbons (Fsp3) is 0.889. The number of halogens is 6. The second-order valence-corrected chi connectivity index (χ2v) is 14.3. The van der Waals surface area contributed by atoms with Crippen molar-refractivity contribution >= 4 is 17.9 Å². The molecule has 6 unspecified atom stereocenters.